The first-order chi connectivity index (χ1) is 15.2. The van der Waals surface area contributed by atoms with Crippen molar-refractivity contribution in [1.29, 1.82) is 0 Å². The molecule has 6 nitrogen and oxygen atoms in total. The van der Waals surface area contributed by atoms with E-state index in [-0.39, 0.29) is 18.3 Å². The van der Waals surface area contributed by atoms with E-state index in [9.17, 15) is 0 Å². The minimum absolute atomic E-state index is 0.0385. The number of H-pyrrole nitrogens is 1. The van der Waals surface area contributed by atoms with Gasteiger partial charge in [0, 0.05) is 12.2 Å². The maximum absolute atomic E-state index is 6.56. The smallest absolute Gasteiger partial charge is 0.296 e. The number of aromatic nitrogens is 3. The molecule has 6 rings (SSSR count). The summed E-state index contributed by atoms with van der Waals surface area (Å²) < 4.78 is 17.5. The highest BCUT2D eigenvalue weighted by Gasteiger charge is 2.43. The highest BCUT2D eigenvalue weighted by molar-refractivity contribution is 6.33. The largest absolute Gasteiger partial charge is 0.456 e. The normalized spacial score (nSPS) is 22.7. The van der Waals surface area contributed by atoms with Gasteiger partial charge in [0.15, 0.2) is 11.8 Å². The van der Waals surface area contributed by atoms with E-state index < -0.39 is 0 Å². The third-order valence-electron chi connectivity index (χ3n) is 5.85. The third kappa shape index (κ3) is 3.47. The first-order valence-corrected chi connectivity index (χ1v) is 10.7. The summed E-state index contributed by atoms with van der Waals surface area (Å²) in [6.45, 7) is 1.21. The molecule has 1 N–H and O–H groups in total. The van der Waals surface area contributed by atoms with Crippen molar-refractivity contribution in [2.45, 2.75) is 24.7 Å². The molecule has 2 saturated heterocycles. The number of imidazole rings is 1. The average Bonchev–Trinajstić information content (AvgIpc) is 3.51. The molecule has 2 unspecified atom stereocenters. The van der Waals surface area contributed by atoms with E-state index in [1.807, 2.05) is 36.4 Å². The molecule has 0 saturated carbocycles. The van der Waals surface area contributed by atoms with Crippen LogP contribution in [-0.4, -0.2) is 46.5 Å². The van der Waals surface area contributed by atoms with E-state index in [4.69, 9.17) is 30.8 Å². The number of nitrogens with zero attached hydrogens (tertiary/aromatic N) is 2. The van der Waals surface area contributed by atoms with Gasteiger partial charge in [-0.15, -0.1) is 0 Å². The Morgan fingerprint density at radius 1 is 0.935 bits per heavy atom. The molecule has 2 aliphatic rings. The van der Waals surface area contributed by atoms with Gasteiger partial charge >= 0.3 is 0 Å². The van der Waals surface area contributed by atoms with E-state index in [2.05, 4.69) is 34.2 Å². The molecular weight excluding hydrogens is 414 g/mol. The molecule has 7 heteroatoms. The number of benzene rings is 2. The van der Waals surface area contributed by atoms with Crippen LogP contribution in [0.1, 0.15) is 6.42 Å². The Balaban J connectivity index is 1.28. The number of fused-ring (bicyclic) bond motifs is 2. The fourth-order valence-corrected chi connectivity index (χ4v) is 4.54. The van der Waals surface area contributed by atoms with E-state index >= 15 is 0 Å². The second-order valence-corrected chi connectivity index (χ2v) is 8.23. The molecule has 31 heavy (non-hydrogen) atoms. The zero-order chi connectivity index (χ0) is 20.8. The van der Waals surface area contributed by atoms with Gasteiger partial charge in [0.05, 0.1) is 28.9 Å². The van der Waals surface area contributed by atoms with Gasteiger partial charge in [-0.25, -0.2) is 4.98 Å². The summed E-state index contributed by atoms with van der Waals surface area (Å²) in [5.74, 6) is 0. The zero-order valence-corrected chi connectivity index (χ0v) is 17.4. The van der Waals surface area contributed by atoms with Crippen LogP contribution in [0.25, 0.3) is 33.5 Å². The highest BCUT2D eigenvalue weighted by Crippen LogP contribution is 2.32. The zero-order valence-electron chi connectivity index (χ0n) is 16.6. The molecule has 2 aromatic heterocycles. The summed E-state index contributed by atoms with van der Waals surface area (Å²) in [4.78, 5) is 12.4. The molecular formula is C24H20ClN3O3. The number of hydrogen-bond acceptors (Lipinski definition) is 5. The second kappa shape index (κ2) is 7.64. The molecule has 4 heterocycles. The van der Waals surface area contributed by atoms with Crippen molar-refractivity contribution in [3.63, 3.8) is 0 Å². The van der Waals surface area contributed by atoms with Crippen LogP contribution in [0.3, 0.4) is 0 Å². The van der Waals surface area contributed by atoms with Gasteiger partial charge < -0.3 is 19.2 Å². The number of ether oxygens (including phenoxy) is 3. The van der Waals surface area contributed by atoms with Crippen LogP contribution in [-0.2, 0) is 9.47 Å². The molecule has 156 valence electrons. The first kappa shape index (κ1) is 18.8. The van der Waals surface area contributed by atoms with Crippen molar-refractivity contribution in [3.8, 4) is 28.4 Å². The van der Waals surface area contributed by atoms with Crippen LogP contribution < -0.4 is 4.74 Å². The number of halogens is 1. The van der Waals surface area contributed by atoms with Gasteiger partial charge in [-0.3, -0.25) is 0 Å². The maximum atomic E-state index is 6.56. The van der Waals surface area contributed by atoms with Crippen LogP contribution in [0, 0.1) is 0 Å². The third-order valence-corrected chi connectivity index (χ3v) is 6.14. The molecule has 3 atom stereocenters. The summed E-state index contributed by atoms with van der Waals surface area (Å²) in [5, 5.41) is 0.554. The summed E-state index contributed by atoms with van der Waals surface area (Å²) >= 11 is 6.56. The number of rotatable bonds is 4. The van der Waals surface area contributed by atoms with E-state index in [1.165, 1.54) is 5.56 Å². The lowest BCUT2D eigenvalue weighted by atomic mass is 10.0. The van der Waals surface area contributed by atoms with Gasteiger partial charge in [0.2, 0.25) is 0 Å². The Morgan fingerprint density at radius 2 is 1.71 bits per heavy atom. The van der Waals surface area contributed by atoms with Crippen molar-refractivity contribution in [2.75, 3.05) is 13.2 Å². The lowest BCUT2D eigenvalue weighted by Crippen LogP contribution is -2.32. The first-order valence-electron chi connectivity index (χ1n) is 10.4. The minimum atomic E-state index is -0.173. The lowest BCUT2D eigenvalue weighted by Gasteiger charge is -2.15. The second-order valence-electron chi connectivity index (χ2n) is 7.83. The Morgan fingerprint density at radius 3 is 2.55 bits per heavy atom. The van der Waals surface area contributed by atoms with Gasteiger partial charge in [0.25, 0.3) is 6.01 Å². The van der Waals surface area contributed by atoms with E-state index in [0.29, 0.717) is 35.6 Å². The summed E-state index contributed by atoms with van der Waals surface area (Å²) in [7, 11) is 0. The quantitative estimate of drug-likeness (QED) is 0.496. The predicted molar refractivity (Wildman–Crippen MR) is 118 cm³/mol. The number of nitrogens with one attached hydrogen (secondary N) is 1. The summed E-state index contributed by atoms with van der Waals surface area (Å²) in [6, 6.07) is 20.7. The SMILES string of the molecule is Clc1cc2[nH]c(O[C@H]3COC4CCOC43)nc2nc1-c1ccc(-c2ccccc2)cc1. The standard InChI is InChI=1S/C24H20ClN3O3/c25-17-12-18-23(28-24(26-18)31-20-13-30-19-10-11-29-22(19)20)27-21(17)16-8-6-15(7-9-16)14-4-2-1-3-5-14/h1-9,12,19-20,22H,10-11,13H2,(H,26,27,28)/t19?,20-,22?/m0/s1. The van der Waals surface area contributed by atoms with E-state index in [1.54, 1.807) is 0 Å². The number of hydrogen-bond donors (Lipinski definition) is 1. The minimum Gasteiger partial charge on any atom is -0.456 e. The summed E-state index contributed by atoms with van der Waals surface area (Å²) in [6.07, 6.45) is 0.818. The van der Waals surface area contributed by atoms with Crippen LogP contribution in [0.5, 0.6) is 6.01 Å². The van der Waals surface area contributed by atoms with Crippen molar-refractivity contribution in [2.24, 2.45) is 0 Å². The van der Waals surface area contributed by atoms with Gasteiger partial charge in [0.1, 0.15) is 6.10 Å². The van der Waals surface area contributed by atoms with Gasteiger partial charge in [-0.1, -0.05) is 66.2 Å². The fourth-order valence-electron chi connectivity index (χ4n) is 4.28. The Hall–Kier alpha value is -2.93. The predicted octanol–water partition coefficient (Wildman–Crippen LogP) is 4.88. The van der Waals surface area contributed by atoms with Crippen molar-refractivity contribution < 1.29 is 14.2 Å². The van der Waals surface area contributed by atoms with Crippen molar-refractivity contribution in [3.05, 3.63) is 65.7 Å². The molecule has 0 spiro atoms. The van der Waals surface area contributed by atoms with Crippen molar-refractivity contribution >= 4 is 22.8 Å². The van der Waals surface area contributed by atoms with Crippen LogP contribution in [0.4, 0.5) is 0 Å². The van der Waals surface area contributed by atoms with Crippen LogP contribution >= 0.6 is 11.6 Å². The molecule has 2 aliphatic heterocycles. The van der Waals surface area contributed by atoms with Crippen molar-refractivity contribution in [1.82, 2.24) is 15.0 Å². The Labute approximate surface area is 184 Å². The molecule has 0 amide bonds. The Kier molecular flexibility index (Phi) is 4.64. The molecule has 4 aromatic rings. The monoisotopic (exact) mass is 433 g/mol. The Bertz CT molecular complexity index is 1230. The molecule has 0 bridgehead atoms. The van der Waals surface area contributed by atoms with Gasteiger partial charge in [-0.2, -0.15) is 4.98 Å². The molecule has 2 aromatic carbocycles. The average molecular weight is 434 g/mol. The topological polar surface area (TPSA) is 69.3 Å². The number of aromatic amines is 1. The van der Waals surface area contributed by atoms with Crippen LogP contribution in [0.2, 0.25) is 5.02 Å². The lowest BCUT2D eigenvalue weighted by molar-refractivity contribution is 0.0273. The maximum Gasteiger partial charge on any atom is 0.296 e. The van der Waals surface area contributed by atoms with Crippen LogP contribution in [0.15, 0.2) is 60.7 Å². The fraction of sp³-hybridized carbons (Fsp3) is 0.250. The molecule has 2 fully saturated rings. The van der Waals surface area contributed by atoms with E-state index in [0.717, 1.165) is 23.1 Å². The molecule has 0 aliphatic carbocycles. The molecule has 0 radical (unpaired) electrons. The highest BCUT2D eigenvalue weighted by atomic mass is 35.5. The summed E-state index contributed by atoms with van der Waals surface area (Å²) in [5.41, 5.74) is 5.22. The number of pyridine rings is 1. The van der Waals surface area contributed by atoms with Gasteiger partial charge in [-0.05, 0) is 23.6 Å².